The number of nitrogens with zero attached hydrogens (tertiary/aromatic N) is 4. The zero-order valence-corrected chi connectivity index (χ0v) is 17.0. The Morgan fingerprint density at radius 3 is 2.55 bits per heavy atom. The second-order valence-corrected chi connectivity index (χ2v) is 6.82. The van der Waals surface area contributed by atoms with Gasteiger partial charge in [0.2, 0.25) is 0 Å². The average Bonchev–Trinajstić information content (AvgIpc) is 2.72. The minimum atomic E-state index is -0.527. The fourth-order valence-corrected chi connectivity index (χ4v) is 3.25. The molecule has 0 amide bonds. The van der Waals surface area contributed by atoms with Crippen LogP contribution in [-0.2, 0) is 23.1 Å². The summed E-state index contributed by atoms with van der Waals surface area (Å²) in [5.41, 5.74) is 0.274. The highest BCUT2D eigenvalue weighted by Gasteiger charge is 2.17. The van der Waals surface area contributed by atoms with Crippen LogP contribution >= 0.6 is 11.6 Å². The monoisotopic (exact) mass is 416 g/mol. The predicted molar refractivity (Wildman–Crippen MR) is 110 cm³/mol. The summed E-state index contributed by atoms with van der Waals surface area (Å²) in [5.74, 6) is -0.292. The van der Waals surface area contributed by atoms with Gasteiger partial charge < -0.3 is 4.74 Å². The highest BCUT2D eigenvalue weighted by molar-refractivity contribution is 6.32. The van der Waals surface area contributed by atoms with Crippen LogP contribution in [0, 0.1) is 0 Å². The van der Waals surface area contributed by atoms with Gasteiger partial charge in [-0.2, -0.15) is 0 Å². The third-order valence-electron chi connectivity index (χ3n) is 4.48. The molecule has 29 heavy (non-hydrogen) atoms. The van der Waals surface area contributed by atoms with E-state index in [1.165, 1.54) is 11.6 Å². The fraction of sp³-hybridized carbons (Fsp3) is 0.350. The second kappa shape index (κ2) is 9.00. The number of hydrogen-bond donors (Lipinski definition) is 0. The van der Waals surface area contributed by atoms with Gasteiger partial charge in [-0.05, 0) is 19.8 Å². The summed E-state index contributed by atoms with van der Waals surface area (Å²) in [6.45, 7) is 2.24. The molecule has 9 heteroatoms. The van der Waals surface area contributed by atoms with Gasteiger partial charge in [-0.1, -0.05) is 41.9 Å². The van der Waals surface area contributed by atoms with Crippen LogP contribution in [0.15, 0.2) is 39.9 Å². The maximum absolute atomic E-state index is 12.9. The van der Waals surface area contributed by atoms with Gasteiger partial charge in [-0.3, -0.25) is 18.7 Å². The molecule has 0 aliphatic carbocycles. The topological polar surface area (TPSA) is 96.1 Å². The molecule has 3 rings (SSSR count). The normalized spacial score (nSPS) is 11.0. The summed E-state index contributed by atoms with van der Waals surface area (Å²) < 4.78 is 7.26. The molecule has 152 valence electrons. The molecule has 2 heterocycles. The highest BCUT2D eigenvalue weighted by atomic mass is 35.5. The Labute approximate surface area is 171 Å². The summed E-state index contributed by atoms with van der Waals surface area (Å²) in [5, 5.41) is 0.116. The Morgan fingerprint density at radius 1 is 1.14 bits per heavy atom. The van der Waals surface area contributed by atoms with E-state index >= 15 is 0 Å². The smallest absolute Gasteiger partial charge is 0.332 e. The van der Waals surface area contributed by atoms with Gasteiger partial charge in [0.15, 0.2) is 16.3 Å². The number of carbonyl (C=O) groups is 1. The van der Waals surface area contributed by atoms with Gasteiger partial charge in [-0.15, -0.1) is 0 Å². The SMILES string of the molecule is CCOC(=O)CCCCn1c(=O)c2nc(-c3ccccc3)c(Cl)nc2n(C)c1=O. The van der Waals surface area contributed by atoms with E-state index in [1.807, 2.05) is 30.3 Å². The lowest BCUT2D eigenvalue weighted by Crippen LogP contribution is -2.40. The van der Waals surface area contributed by atoms with E-state index in [1.54, 1.807) is 6.92 Å². The van der Waals surface area contributed by atoms with Gasteiger partial charge in [0, 0.05) is 25.6 Å². The van der Waals surface area contributed by atoms with Crippen molar-refractivity contribution < 1.29 is 9.53 Å². The first kappa shape index (κ1) is 20.7. The first-order chi connectivity index (χ1) is 13.9. The molecule has 2 aromatic heterocycles. The van der Waals surface area contributed by atoms with Crippen LogP contribution in [0.1, 0.15) is 26.2 Å². The Kier molecular flexibility index (Phi) is 6.43. The lowest BCUT2D eigenvalue weighted by Gasteiger charge is -2.11. The number of ether oxygens (including phenoxy) is 1. The van der Waals surface area contributed by atoms with E-state index in [4.69, 9.17) is 16.3 Å². The Morgan fingerprint density at radius 2 is 1.86 bits per heavy atom. The van der Waals surface area contributed by atoms with Crippen molar-refractivity contribution in [2.45, 2.75) is 32.7 Å². The average molecular weight is 417 g/mol. The second-order valence-electron chi connectivity index (χ2n) is 6.46. The van der Waals surface area contributed by atoms with Crippen molar-refractivity contribution >= 4 is 28.7 Å². The molecule has 0 radical (unpaired) electrons. The number of hydrogen-bond acceptors (Lipinski definition) is 6. The maximum atomic E-state index is 12.9. The van der Waals surface area contributed by atoms with E-state index in [2.05, 4.69) is 9.97 Å². The number of carbonyl (C=O) groups excluding carboxylic acids is 1. The zero-order chi connectivity index (χ0) is 21.0. The number of rotatable bonds is 7. The van der Waals surface area contributed by atoms with Crippen molar-refractivity contribution in [1.82, 2.24) is 19.1 Å². The first-order valence-corrected chi connectivity index (χ1v) is 9.70. The van der Waals surface area contributed by atoms with Gasteiger partial charge in [0.05, 0.1) is 6.61 Å². The van der Waals surface area contributed by atoms with Crippen LogP contribution in [-0.4, -0.2) is 31.7 Å². The molecule has 0 atom stereocenters. The van der Waals surface area contributed by atoms with Crippen molar-refractivity contribution in [2.24, 2.45) is 7.05 Å². The molecule has 8 nitrogen and oxygen atoms in total. The zero-order valence-electron chi connectivity index (χ0n) is 16.2. The lowest BCUT2D eigenvalue weighted by molar-refractivity contribution is -0.143. The van der Waals surface area contributed by atoms with Crippen LogP contribution in [0.4, 0.5) is 0 Å². The van der Waals surface area contributed by atoms with Crippen molar-refractivity contribution in [1.29, 1.82) is 0 Å². The molecule has 0 aliphatic heterocycles. The minimum absolute atomic E-state index is 0.0701. The number of unbranched alkanes of at least 4 members (excludes halogenated alkanes) is 1. The standard InChI is InChI=1S/C20H21ClN4O4/c1-3-29-14(26)11-7-8-12-25-19(27)16-18(24(2)20(25)28)23-17(21)15(22-16)13-9-5-4-6-10-13/h4-6,9-10H,3,7-8,11-12H2,1-2H3. The van der Waals surface area contributed by atoms with Crippen molar-refractivity contribution in [3.8, 4) is 11.3 Å². The van der Waals surface area contributed by atoms with Crippen molar-refractivity contribution in [2.75, 3.05) is 6.61 Å². The molecule has 0 fully saturated rings. The quantitative estimate of drug-likeness (QED) is 0.433. The molecule has 0 spiro atoms. The van der Waals surface area contributed by atoms with Crippen molar-refractivity contribution in [3.63, 3.8) is 0 Å². The van der Waals surface area contributed by atoms with Crippen LogP contribution in [0.5, 0.6) is 0 Å². The van der Waals surface area contributed by atoms with Gasteiger partial charge in [0.25, 0.3) is 5.56 Å². The first-order valence-electron chi connectivity index (χ1n) is 9.32. The van der Waals surface area contributed by atoms with E-state index in [0.29, 0.717) is 25.1 Å². The largest absolute Gasteiger partial charge is 0.466 e. The van der Waals surface area contributed by atoms with Crippen molar-refractivity contribution in [3.05, 3.63) is 56.3 Å². The molecule has 0 aliphatic rings. The van der Waals surface area contributed by atoms with E-state index < -0.39 is 11.2 Å². The van der Waals surface area contributed by atoms with Gasteiger partial charge in [-0.25, -0.2) is 14.8 Å². The van der Waals surface area contributed by atoms with Crippen LogP contribution < -0.4 is 11.2 Å². The van der Waals surface area contributed by atoms with E-state index in [9.17, 15) is 14.4 Å². The summed E-state index contributed by atoms with van der Waals surface area (Å²) in [4.78, 5) is 45.7. The third kappa shape index (κ3) is 4.37. The molecular weight excluding hydrogens is 396 g/mol. The summed E-state index contributed by atoms with van der Waals surface area (Å²) in [6, 6.07) is 9.16. The Balaban J connectivity index is 1.97. The van der Waals surface area contributed by atoms with Crippen LogP contribution in [0.25, 0.3) is 22.4 Å². The number of esters is 1. The minimum Gasteiger partial charge on any atom is -0.466 e. The van der Waals surface area contributed by atoms with Crippen LogP contribution in [0.2, 0.25) is 5.15 Å². The molecule has 0 N–H and O–H groups in total. The maximum Gasteiger partial charge on any atom is 0.332 e. The number of fused-ring (bicyclic) bond motifs is 1. The molecule has 0 unspecified atom stereocenters. The molecule has 0 saturated heterocycles. The Hall–Kier alpha value is -3.00. The van der Waals surface area contributed by atoms with Gasteiger partial charge in [0.1, 0.15) is 5.69 Å². The molecule has 0 bridgehead atoms. The van der Waals surface area contributed by atoms with Crippen LogP contribution in [0.3, 0.4) is 0 Å². The predicted octanol–water partition coefficient (Wildman–Crippen LogP) is 2.54. The fourth-order valence-electron chi connectivity index (χ4n) is 3.02. The number of halogens is 1. The summed E-state index contributed by atoms with van der Waals surface area (Å²) in [6.07, 6.45) is 1.23. The number of benzene rings is 1. The Bertz CT molecular complexity index is 1160. The lowest BCUT2D eigenvalue weighted by atomic mass is 10.1. The summed E-state index contributed by atoms with van der Waals surface area (Å²) >= 11 is 6.27. The van der Waals surface area contributed by atoms with Gasteiger partial charge >= 0.3 is 11.7 Å². The molecule has 1 aromatic carbocycles. The van der Waals surface area contributed by atoms with E-state index in [-0.39, 0.29) is 35.3 Å². The third-order valence-corrected chi connectivity index (χ3v) is 4.75. The summed E-state index contributed by atoms with van der Waals surface area (Å²) in [7, 11) is 1.52. The number of aromatic nitrogens is 4. The molecule has 0 saturated carbocycles. The highest BCUT2D eigenvalue weighted by Crippen LogP contribution is 2.25. The number of aryl methyl sites for hydroxylation is 1. The molecular formula is C20H21ClN4O4. The molecule has 3 aromatic rings. The van der Waals surface area contributed by atoms with E-state index in [0.717, 1.165) is 10.1 Å².